The summed E-state index contributed by atoms with van der Waals surface area (Å²) in [6, 6.07) is 9.43. The van der Waals surface area contributed by atoms with Crippen molar-refractivity contribution in [2.24, 2.45) is 0 Å². The molecular formula is C15H17FN2S. The van der Waals surface area contributed by atoms with Gasteiger partial charge >= 0.3 is 0 Å². The van der Waals surface area contributed by atoms with Gasteiger partial charge in [0.05, 0.1) is 0 Å². The third-order valence-corrected chi connectivity index (χ3v) is 3.78. The molecule has 100 valence electrons. The van der Waals surface area contributed by atoms with Crippen LogP contribution in [0.25, 0.3) is 0 Å². The molecule has 0 unspecified atom stereocenters. The second-order valence-electron chi connectivity index (χ2n) is 4.36. The van der Waals surface area contributed by atoms with E-state index in [0.29, 0.717) is 4.90 Å². The third-order valence-electron chi connectivity index (χ3n) is 3.01. The zero-order valence-corrected chi connectivity index (χ0v) is 11.9. The topological polar surface area (TPSA) is 24.9 Å². The van der Waals surface area contributed by atoms with E-state index in [-0.39, 0.29) is 11.9 Å². The summed E-state index contributed by atoms with van der Waals surface area (Å²) in [7, 11) is 0. The van der Waals surface area contributed by atoms with Crippen molar-refractivity contribution in [3.63, 3.8) is 0 Å². The van der Waals surface area contributed by atoms with Crippen LogP contribution in [0.2, 0.25) is 0 Å². The van der Waals surface area contributed by atoms with Crippen LogP contribution in [0.3, 0.4) is 0 Å². The first-order valence-corrected chi connectivity index (χ1v) is 7.39. The summed E-state index contributed by atoms with van der Waals surface area (Å²) >= 11 is 1.42. The fourth-order valence-corrected chi connectivity index (χ4v) is 2.30. The molecule has 0 amide bonds. The zero-order chi connectivity index (χ0) is 13.7. The van der Waals surface area contributed by atoms with Crippen LogP contribution in [0, 0.1) is 5.82 Å². The first-order chi connectivity index (χ1) is 9.20. The Balaban J connectivity index is 2.00. The molecule has 2 nitrogen and oxygen atoms in total. The molecule has 0 spiro atoms. The van der Waals surface area contributed by atoms with Crippen LogP contribution in [-0.4, -0.2) is 11.2 Å². The second-order valence-corrected chi connectivity index (χ2v) is 5.21. The molecule has 0 aliphatic carbocycles. The molecule has 1 N–H and O–H groups in total. The van der Waals surface area contributed by atoms with Crippen molar-refractivity contribution >= 4 is 11.8 Å². The summed E-state index contributed by atoms with van der Waals surface area (Å²) in [5.74, 6) is -0.153. The first-order valence-electron chi connectivity index (χ1n) is 6.16. The largest absolute Gasteiger partial charge is 0.306 e. The van der Waals surface area contributed by atoms with Gasteiger partial charge in [0.2, 0.25) is 0 Å². The Morgan fingerprint density at radius 1 is 1.37 bits per heavy atom. The lowest BCUT2D eigenvalue weighted by Gasteiger charge is -2.15. The van der Waals surface area contributed by atoms with Gasteiger partial charge < -0.3 is 5.32 Å². The standard InChI is InChI=1S/C15H17FN2S/c1-11(18-10-12-4-3-7-17-9-12)13-5-6-15(19-2)14(16)8-13/h3-9,11,18H,10H2,1-2H3/t11-/m1/s1. The predicted molar refractivity (Wildman–Crippen MR) is 77.7 cm³/mol. The highest BCUT2D eigenvalue weighted by Crippen LogP contribution is 2.23. The number of aromatic nitrogens is 1. The van der Waals surface area contributed by atoms with Crippen LogP contribution in [0.1, 0.15) is 24.1 Å². The fourth-order valence-electron chi connectivity index (χ4n) is 1.84. The van der Waals surface area contributed by atoms with Gasteiger partial charge in [0, 0.05) is 29.9 Å². The lowest BCUT2D eigenvalue weighted by molar-refractivity contribution is 0.558. The van der Waals surface area contributed by atoms with Crippen molar-refractivity contribution in [2.45, 2.75) is 24.4 Å². The number of pyridine rings is 1. The summed E-state index contributed by atoms with van der Waals surface area (Å²) in [4.78, 5) is 4.75. The SMILES string of the molecule is CSc1ccc([C@@H](C)NCc2cccnc2)cc1F. The smallest absolute Gasteiger partial charge is 0.137 e. The average Bonchev–Trinajstić information content (AvgIpc) is 2.45. The van der Waals surface area contributed by atoms with Crippen LogP contribution < -0.4 is 5.32 Å². The minimum Gasteiger partial charge on any atom is -0.306 e. The molecule has 0 radical (unpaired) electrons. The monoisotopic (exact) mass is 276 g/mol. The number of nitrogens with zero attached hydrogens (tertiary/aromatic N) is 1. The number of nitrogens with one attached hydrogen (secondary N) is 1. The maximum absolute atomic E-state index is 13.7. The molecule has 0 saturated carbocycles. The number of halogens is 1. The van der Waals surface area contributed by atoms with Crippen molar-refractivity contribution in [2.75, 3.05) is 6.26 Å². The average molecular weight is 276 g/mol. The second kappa shape index (κ2) is 6.68. The number of thioether (sulfide) groups is 1. The molecule has 0 bridgehead atoms. The molecule has 19 heavy (non-hydrogen) atoms. The summed E-state index contributed by atoms with van der Waals surface area (Å²) in [5, 5.41) is 3.37. The highest BCUT2D eigenvalue weighted by Gasteiger charge is 2.08. The molecule has 1 aromatic heterocycles. The Labute approximate surface area is 117 Å². The molecule has 1 atom stereocenters. The van der Waals surface area contributed by atoms with Gasteiger partial charge in [0.15, 0.2) is 0 Å². The van der Waals surface area contributed by atoms with Gasteiger partial charge in [0.25, 0.3) is 0 Å². The van der Waals surface area contributed by atoms with Gasteiger partial charge in [-0.3, -0.25) is 4.98 Å². The van der Waals surface area contributed by atoms with Gasteiger partial charge in [-0.1, -0.05) is 12.1 Å². The minimum absolute atomic E-state index is 0.102. The van der Waals surface area contributed by atoms with Crippen LogP contribution >= 0.6 is 11.8 Å². The molecule has 0 fully saturated rings. The number of rotatable bonds is 5. The Hall–Kier alpha value is -1.39. The quantitative estimate of drug-likeness (QED) is 0.841. The van der Waals surface area contributed by atoms with E-state index in [1.807, 2.05) is 43.6 Å². The number of hydrogen-bond acceptors (Lipinski definition) is 3. The summed E-state index contributed by atoms with van der Waals surface area (Å²) in [5.41, 5.74) is 2.08. The molecule has 2 aromatic rings. The molecule has 0 aliphatic heterocycles. The van der Waals surface area contributed by atoms with Gasteiger partial charge in [-0.05, 0) is 42.5 Å². The van der Waals surface area contributed by atoms with E-state index in [2.05, 4.69) is 10.3 Å². The number of benzene rings is 1. The highest BCUT2D eigenvalue weighted by molar-refractivity contribution is 7.98. The highest BCUT2D eigenvalue weighted by atomic mass is 32.2. The van der Waals surface area contributed by atoms with Gasteiger partial charge in [-0.2, -0.15) is 0 Å². The van der Waals surface area contributed by atoms with E-state index in [1.165, 1.54) is 11.8 Å². The first kappa shape index (κ1) is 14.0. The van der Waals surface area contributed by atoms with Crippen LogP contribution in [0.15, 0.2) is 47.6 Å². The van der Waals surface area contributed by atoms with Gasteiger partial charge in [-0.25, -0.2) is 4.39 Å². The van der Waals surface area contributed by atoms with E-state index < -0.39 is 0 Å². The number of hydrogen-bond donors (Lipinski definition) is 1. The maximum atomic E-state index is 13.7. The van der Waals surface area contributed by atoms with E-state index in [0.717, 1.165) is 17.7 Å². The summed E-state index contributed by atoms with van der Waals surface area (Å²) in [6.45, 7) is 2.75. The maximum Gasteiger partial charge on any atom is 0.137 e. The molecule has 2 rings (SSSR count). The van der Waals surface area contributed by atoms with Crippen LogP contribution in [-0.2, 0) is 6.54 Å². The zero-order valence-electron chi connectivity index (χ0n) is 11.1. The molecule has 0 aliphatic rings. The summed E-state index contributed by atoms with van der Waals surface area (Å²) < 4.78 is 13.7. The van der Waals surface area contributed by atoms with Gasteiger partial charge in [0.1, 0.15) is 5.82 Å². The molecule has 0 saturated heterocycles. The fraction of sp³-hybridized carbons (Fsp3) is 0.267. The Kier molecular flexibility index (Phi) is 4.93. The van der Waals surface area contributed by atoms with Crippen molar-refractivity contribution in [1.82, 2.24) is 10.3 Å². The third kappa shape index (κ3) is 3.78. The van der Waals surface area contributed by atoms with E-state index in [1.54, 1.807) is 12.3 Å². The lowest BCUT2D eigenvalue weighted by Crippen LogP contribution is -2.18. The van der Waals surface area contributed by atoms with Crippen molar-refractivity contribution in [1.29, 1.82) is 0 Å². The Morgan fingerprint density at radius 3 is 2.84 bits per heavy atom. The molecule has 4 heteroatoms. The van der Waals surface area contributed by atoms with Crippen LogP contribution in [0.4, 0.5) is 4.39 Å². The van der Waals surface area contributed by atoms with E-state index in [9.17, 15) is 4.39 Å². The Bertz CT molecular complexity index is 531. The van der Waals surface area contributed by atoms with Crippen molar-refractivity contribution in [3.05, 3.63) is 59.7 Å². The van der Waals surface area contributed by atoms with Crippen molar-refractivity contribution in [3.8, 4) is 0 Å². The van der Waals surface area contributed by atoms with Gasteiger partial charge in [-0.15, -0.1) is 11.8 Å². The summed E-state index contributed by atoms with van der Waals surface area (Å²) in [6.07, 6.45) is 5.46. The molecular weight excluding hydrogens is 259 g/mol. The van der Waals surface area contributed by atoms with Crippen LogP contribution in [0.5, 0.6) is 0 Å². The predicted octanol–water partition coefficient (Wildman–Crippen LogP) is 3.79. The van der Waals surface area contributed by atoms with E-state index in [4.69, 9.17) is 0 Å². The molecule has 1 aromatic carbocycles. The lowest BCUT2D eigenvalue weighted by atomic mass is 10.1. The van der Waals surface area contributed by atoms with Crippen molar-refractivity contribution < 1.29 is 4.39 Å². The minimum atomic E-state index is -0.153. The normalized spacial score (nSPS) is 12.4. The van der Waals surface area contributed by atoms with E-state index >= 15 is 0 Å². The molecule has 1 heterocycles. The Morgan fingerprint density at radius 2 is 2.21 bits per heavy atom.